The van der Waals surface area contributed by atoms with Crippen molar-refractivity contribution in [1.29, 1.82) is 0 Å². The number of amides is 1. The summed E-state index contributed by atoms with van der Waals surface area (Å²) in [6, 6.07) is 5.90. The van der Waals surface area contributed by atoms with Crippen molar-refractivity contribution in [1.82, 2.24) is 5.32 Å². The van der Waals surface area contributed by atoms with E-state index in [0.29, 0.717) is 5.75 Å². The van der Waals surface area contributed by atoms with E-state index in [1.807, 2.05) is 45.9 Å². The van der Waals surface area contributed by atoms with Crippen LogP contribution in [0, 0.1) is 6.92 Å². The van der Waals surface area contributed by atoms with Crippen molar-refractivity contribution in [2.45, 2.75) is 46.2 Å². The maximum absolute atomic E-state index is 11.7. The van der Waals surface area contributed by atoms with E-state index in [0.717, 1.165) is 17.5 Å². The summed E-state index contributed by atoms with van der Waals surface area (Å²) >= 11 is 0. The summed E-state index contributed by atoms with van der Waals surface area (Å²) in [7, 11) is 0. The van der Waals surface area contributed by atoms with Crippen LogP contribution < -0.4 is 15.8 Å². The van der Waals surface area contributed by atoms with Crippen molar-refractivity contribution in [3.8, 4) is 5.75 Å². The fraction of sp³-hybridized carbons (Fsp3) is 0.533. The Morgan fingerprint density at radius 2 is 2.11 bits per heavy atom. The Morgan fingerprint density at radius 3 is 2.68 bits per heavy atom. The zero-order valence-corrected chi connectivity index (χ0v) is 12.2. The smallest absolute Gasteiger partial charge is 0.258 e. The average molecular weight is 264 g/mol. The number of aryl methyl sites for hydroxylation is 1. The Morgan fingerprint density at radius 1 is 1.42 bits per heavy atom. The largest absolute Gasteiger partial charge is 0.483 e. The molecule has 19 heavy (non-hydrogen) atoms. The Labute approximate surface area is 115 Å². The molecule has 106 valence electrons. The van der Waals surface area contributed by atoms with Crippen molar-refractivity contribution in [2.24, 2.45) is 5.73 Å². The molecule has 0 saturated carbocycles. The summed E-state index contributed by atoms with van der Waals surface area (Å²) in [5, 5.41) is 2.87. The van der Waals surface area contributed by atoms with Gasteiger partial charge >= 0.3 is 0 Å². The SMILES string of the molecule is CCC(C)NC(=O)COc1cc(C)ccc1[C@H](C)N. The molecule has 0 aliphatic rings. The van der Waals surface area contributed by atoms with E-state index in [9.17, 15) is 4.79 Å². The third-order valence-electron chi connectivity index (χ3n) is 3.04. The maximum Gasteiger partial charge on any atom is 0.258 e. The highest BCUT2D eigenvalue weighted by Crippen LogP contribution is 2.24. The quantitative estimate of drug-likeness (QED) is 0.828. The second kappa shape index (κ2) is 7.14. The van der Waals surface area contributed by atoms with Crippen molar-refractivity contribution in [2.75, 3.05) is 6.61 Å². The van der Waals surface area contributed by atoms with Gasteiger partial charge in [0.15, 0.2) is 6.61 Å². The first kappa shape index (κ1) is 15.5. The molecule has 1 unspecified atom stereocenters. The summed E-state index contributed by atoms with van der Waals surface area (Å²) in [5.41, 5.74) is 7.90. The normalized spacial score (nSPS) is 13.7. The lowest BCUT2D eigenvalue weighted by Gasteiger charge is -2.16. The van der Waals surface area contributed by atoms with Crippen LogP contribution in [0.1, 0.15) is 44.4 Å². The second-order valence-corrected chi connectivity index (χ2v) is 5.00. The van der Waals surface area contributed by atoms with Crippen molar-refractivity contribution >= 4 is 5.91 Å². The molecule has 4 nitrogen and oxygen atoms in total. The maximum atomic E-state index is 11.7. The van der Waals surface area contributed by atoms with E-state index in [-0.39, 0.29) is 24.6 Å². The highest BCUT2D eigenvalue weighted by molar-refractivity contribution is 5.77. The van der Waals surface area contributed by atoms with E-state index in [1.54, 1.807) is 0 Å². The summed E-state index contributed by atoms with van der Waals surface area (Å²) in [5.74, 6) is 0.584. The molecule has 1 aromatic rings. The van der Waals surface area contributed by atoms with Gasteiger partial charge < -0.3 is 15.8 Å². The van der Waals surface area contributed by atoms with Gasteiger partial charge in [0.05, 0.1) is 0 Å². The van der Waals surface area contributed by atoms with Gasteiger partial charge in [0.2, 0.25) is 0 Å². The Bertz CT molecular complexity index is 430. The van der Waals surface area contributed by atoms with Gasteiger partial charge in [-0.3, -0.25) is 4.79 Å². The lowest BCUT2D eigenvalue weighted by molar-refractivity contribution is -0.123. The fourth-order valence-corrected chi connectivity index (χ4v) is 1.70. The summed E-state index contributed by atoms with van der Waals surface area (Å²) in [4.78, 5) is 11.7. The third-order valence-corrected chi connectivity index (χ3v) is 3.04. The lowest BCUT2D eigenvalue weighted by atomic mass is 10.1. The molecule has 0 saturated heterocycles. The Hall–Kier alpha value is -1.55. The standard InChI is InChI=1S/C15H24N2O2/c1-5-11(3)17-15(18)9-19-14-8-10(2)6-7-13(14)12(4)16/h6-8,11-12H,5,9,16H2,1-4H3,(H,17,18)/t11?,12-/m0/s1. The summed E-state index contributed by atoms with van der Waals surface area (Å²) in [6.45, 7) is 7.90. The average Bonchev–Trinajstić information content (AvgIpc) is 2.35. The number of rotatable bonds is 6. The van der Waals surface area contributed by atoms with Gasteiger partial charge in [-0.15, -0.1) is 0 Å². The predicted molar refractivity (Wildman–Crippen MR) is 77.2 cm³/mol. The van der Waals surface area contributed by atoms with Crippen LogP contribution in [0.5, 0.6) is 5.75 Å². The van der Waals surface area contributed by atoms with Gasteiger partial charge in [-0.1, -0.05) is 19.1 Å². The molecule has 2 atom stereocenters. The predicted octanol–water partition coefficient (Wildman–Crippen LogP) is 2.31. The lowest BCUT2D eigenvalue weighted by Crippen LogP contribution is -2.35. The van der Waals surface area contributed by atoms with E-state index in [4.69, 9.17) is 10.5 Å². The first-order valence-corrected chi connectivity index (χ1v) is 6.72. The van der Waals surface area contributed by atoms with Gasteiger partial charge in [0.1, 0.15) is 5.75 Å². The Kier molecular flexibility index (Phi) is 5.83. The Balaban J connectivity index is 2.66. The molecule has 1 aromatic carbocycles. The molecular formula is C15H24N2O2. The third kappa shape index (κ3) is 4.91. The van der Waals surface area contributed by atoms with Crippen LogP contribution in [0.2, 0.25) is 0 Å². The molecular weight excluding hydrogens is 240 g/mol. The van der Waals surface area contributed by atoms with Crippen molar-refractivity contribution in [3.63, 3.8) is 0 Å². The number of nitrogens with one attached hydrogen (secondary N) is 1. The molecule has 0 heterocycles. The molecule has 1 rings (SSSR count). The van der Waals surface area contributed by atoms with Crippen molar-refractivity contribution in [3.05, 3.63) is 29.3 Å². The van der Waals surface area contributed by atoms with Crippen LogP contribution in [0.4, 0.5) is 0 Å². The number of ether oxygens (including phenoxy) is 1. The molecule has 0 fully saturated rings. The monoisotopic (exact) mass is 264 g/mol. The molecule has 3 N–H and O–H groups in total. The van der Waals surface area contributed by atoms with Gasteiger partial charge in [-0.05, 0) is 38.8 Å². The number of carbonyl (C=O) groups is 1. The molecule has 0 aliphatic heterocycles. The summed E-state index contributed by atoms with van der Waals surface area (Å²) < 4.78 is 5.59. The molecule has 0 radical (unpaired) electrons. The number of hydrogen-bond donors (Lipinski definition) is 2. The van der Waals surface area contributed by atoms with Gasteiger partial charge in [-0.25, -0.2) is 0 Å². The number of carbonyl (C=O) groups excluding carboxylic acids is 1. The minimum atomic E-state index is -0.117. The van der Waals surface area contributed by atoms with E-state index >= 15 is 0 Å². The first-order valence-electron chi connectivity index (χ1n) is 6.72. The highest BCUT2D eigenvalue weighted by Gasteiger charge is 2.11. The number of nitrogens with two attached hydrogens (primary N) is 1. The molecule has 1 amide bonds. The van der Waals surface area contributed by atoms with E-state index in [1.165, 1.54) is 0 Å². The number of hydrogen-bond acceptors (Lipinski definition) is 3. The van der Waals surface area contributed by atoms with Crippen LogP contribution >= 0.6 is 0 Å². The molecule has 0 spiro atoms. The first-order chi connectivity index (χ1) is 8.93. The molecule has 4 heteroatoms. The van der Waals surface area contributed by atoms with Crippen LogP contribution in [-0.2, 0) is 4.79 Å². The van der Waals surface area contributed by atoms with Crippen LogP contribution in [-0.4, -0.2) is 18.6 Å². The molecule has 0 aromatic heterocycles. The number of benzene rings is 1. The topological polar surface area (TPSA) is 64.3 Å². The minimum Gasteiger partial charge on any atom is -0.483 e. The minimum absolute atomic E-state index is 0.0213. The van der Waals surface area contributed by atoms with Gasteiger partial charge in [-0.2, -0.15) is 0 Å². The van der Waals surface area contributed by atoms with Gasteiger partial charge in [0, 0.05) is 17.6 Å². The summed E-state index contributed by atoms with van der Waals surface area (Å²) in [6.07, 6.45) is 0.904. The van der Waals surface area contributed by atoms with Crippen LogP contribution in [0.25, 0.3) is 0 Å². The highest BCUT2D eigenvalue weighted by atomic mass is 16.5. The van der Waals surface area contributed by atoms with E-state index in [2.05, 4.69) is 5.32 Å². The van der Waals surface area contributed by atoms with E-state index < -0.39 is 0 Å². The van der Waals surface area contributed by atoms with Crippen molar-refractivity contribution < 1.29 is 9.53 Å². The fourth-order valence-electron chi connectivity index (χ4n) is 1.70. The van der Waals surface area contributed by atoms with Crippen LogP contribution in [0.15, 0.2) is 18.2 Å². The van der Waals surface area contributed by atoms with Crippen LogP contribution in [0.3, 0.4) is 0 Å². The zero-order valence-electron chi connectivity index (χ0n) is 12.2. The second-order valence-electron chi connectivity index (χ2n) is 5.00. The molecule has 0 aliphatic carbocycles. The van der Waals surface area contributed by atoms with Gasteiger partial charge in [0.25, 0.3) is 5.91 Å². The molecule has 0 bridgehead atoms. The zero-order chi connectivity index (χ0) is 14.4.